The second kappa shape index (κ2) is 9.76. The molecular formula is C21H21ClN2O6S. The molecule has 1 aromatic heterocycles. The number of hydrogen-bond acceptors (Lipinski definition) is 6. The summed E-state index contributed by atoms with van der Waals surface area (Å²) in [5.74, 6) is 0.683. The molecule has 0 saturated carbocycles. The highest BCUT2D eigenvalue weighted by Gasteiger charge is 2.28. The Morgan fingerprint density at radius 3 is 2.39 bits per heavy atom. The molecule has 0 bridgehead atoms. The van der Waals surface area contributed by atoms with Gasteiger partial charge in [-0.25, -0.2) is 8.42 Å². The average molecular weight is 465 g/mol. The molecule has 0 aliphatic rings. The highest BCUT2D eigenvalue weighted by atomic mass is 35.5. The van der Waals surface area contributed by atoms with Gasteiger partial charge in [0.15, 0.2) is 11.5 Å². The number of furan rings is 1. The van der Waals surface area contributed by atoms with Gasteiger partial charge >= 0.3 is 0 Å². The number of carbonyl (C=O) groups excluding carboxylic acids is 1. The van der Waals surface area contributed by atoms with E-state index >= 15 is 0 Å². The van der Waals surface area contributed by atoms with Gasteiger partial charge in [-0.3, -0.25) is 9.10 Å². The first-order chi connectivity index (χ1) is 14.8. The van der Waals surface area contributed by atoms with Gasteiger partial charge < -0.3 is 19.2 Å². The number of rotatable bonds is 9. The van der Waals surface area contributed by atoms with Crippen molar-refractivity contribution in [2.75, 3.05) is 25.1 Å². The fourth-order valence-electron chi connectivity index (χ4n) is 2.81. The van der Waals surface area contributed by atoms with Crippen molar-refractivity contribution in [1.29, 1.82) is 0 Å². The molecule has 1 amide bonds. The van der Waals surface area contributed by atoms with E-state index < -0.39 is 22.5 Å². The maximum absolute atomic E-state index is 13.5. The number of methoxy groups -OCH3 is 2. The number of ether oxygens (including phenoxy) is 2. The first kappa shape index (κ1) is 22.5. The summed E-state index contributed by atoms with van der Waals surface area (Å²) >= 11 is 5.95. The highest BCUT2D eigenvalue weighted by Crippen LogP contribution is 2.32. The number of benzene rings is 2. The van der Waals surface area contributed by atoms with E-state index in [1.165, 1.54) is 50.8 Å². The molecular weight excluding hydrogens is 444 g/mol. The van der Waals surface area contributed by atoms with Crippen molar-refractivity contribution in [2.24, 2.45) is 0 Å². The molecule has 0 aliphatic carbocycles. The molecule has 3 aromatic rings. The lowest BCUT2D eigenvalue weighted by atomic mass is 10.3. The molecule has 0 unspecified atom stereocenters. The van der Waals surface area contributed by atoms with E-state index in [0.717, 1.165) is 4.31 Å². The van der Waals surface area contributed by atoms with Crippen LogP contribution in [0.3, 0.4) is 0 Å². The summed E-state index contributed by atoms with van der Waals surface area (Å²) in [6.45, 7) is -0.310. The first-order valence-corrected chi connectivity index (χ1v) is 11.0. The molecule has 1 heterocycles. The largest absolute Gasteiger partial charge is 0.493 e. The Labute approximate surface area is 185 Å². The summed E-state index contributed by atoms with van der Waals surface area (Å²) < 4.78 is 43.5. The van der Waals surface area contributed by atoms with Gasteiger partial charge in [-0.2, -0.15) is 0 Å². The Morgan fingerprint density at radius 2 is 1.77 bits per heavy atom. The fraction of sp³-hybridized carbons (Fsp3) is 0.190. The van der Waals surface area contributed by atoms with Gasteiger partial charge in [0.05, 0.1) is 37.6 Å². The molecule has 164 valence electrons. The molecule has 0 saturated heterocycles. The molecule has 10 heteroatoms. The minimum Gasteiger partial charge on any atom is -0.493 e. The zero-order valence-electron chi connectivity index (χ0n) is 16.9. The maximum Gasteiger partial charge on any atom is 0.264 e. The van der Waals surface area contributed by atoms with E-state index in [1.807, 2.05) is 0 Å². The number of carbonyl (C=O) groups is 1. The predicted octanol–water partition coefficient (Wildman–Crippen LogP) is 3.46. The second-order valence-corrected chi connectivity index (χ2v) is 8.66. The zero-order chi connectivity index (χ0) is 22.4. The third-order valence-electron chi connectivity index (χ3n) is 4.38. The fourth-order valence-corrected chi connectivity index (χ4v) is 4.37. The molecule has 8 nitrogen and oxygen atoms in total. The summed E-state index contributed by atoms with van der Waals surface area (Å²) in [5, 5.41) is 3.09. The van der Waals surface area contributed by atoms with Gasteiger partial charge in [0.2, 0.25) is 5.91 Å². The van der Waals surface area contributed by atoms with Gasteiger partial charge in [-0.1, -0.05) is 11.6 Å². The van der Waals surface area contributed by atoms with Crippen LogP contribution in [0.5, 0.6) is 11.5 Å². The second-order valence-electron chi connectivity index (χ2n) is 6.36. The summed E-state index contributed by atoms with van der Waals surface area (Å²) in [5.41, 5.74) is 0.285. The summed E-state index contributed by atoms with van der Waals surface area (Å²) in [4.78, 5) is 12.5. The standard InChI is InChI=1S/C21H21ClN2O6S/c1-28-19-10-9-18(12-20(19)29-2)31(26,27)24(16-7-5-15(22)6-8-16)14-21(25)23-13-17-4-3-11-30-17/h3-12H,13-14H2,1-2H3,(H,23,25). The Kier molecular flexibility index (Phi) is 7.09. The maximum atomic E-state index is 13.5. The van der Waals surface area contributed by atoms with E-state index in [2.05, 4.69) is 5.32 Å². The Hall–Kier alpha value is -3.17. The van der Waals surface area contributed by atoms with E-state index in [0.29, 0.717) is 16.5 Å². The highest BCUT2D eigenvalue weighted by molar-refractivity contribution is 7.92. The van der Waals surface area contributed by atoms with E-state index in [-0.39, 0.29) is 22.9 Å². The number of nitrogens with zero attached hydrogens (tertiary/aromatic N) is 1. The van der Waals surface area contributed by atoms with Crippen LogP contribution >= 0.6 is 11.6 Å². The Bertz CT molecular complexity index is 1130. The Balaban J connectivity index is 1.93. The van der Waals surface area contributed by atoms with Crippen LogP contribution in [-0.4, -0.2) is 35.1 Å². The van der Waals surface area contributed by atoms with Gasteiger partial charge in [0.1, 0.15) is 12.3 Å². The molecule has 0 radical (unpaired) electrons. The molecule has 0 fully saturated rings. The predicted molar refractivity (Wildman–Crippen MR) is 116 cm³/mol. The third kappa shape index (κ3) is 5.31. The molecule has 3 rings (SSSR count). The third-order valence-corrected chi connectivity index (χ3v) is 6.41. The van der Waals surface area contributed by atoms with Gasteiger partial charge in [-0.05, 0) is 48.5 Å². The quantitative estimate of drug-likeness (QED) is 0.520. The lowest BCUT2D eigenvalue weighted by Gasteiger charge is -2.24. The van der Waals surface area contributed by atoms with Crippen LogP contribution in [0, 0.1) is 0 Å². The van der Waals surface area contributed by atoms with Crippen LogP contribution in [-0.2, 0) is 21.4 Å². The van der Waals surface area contributed by atoms with Crippen molar-refractivity contribution in [3.05, 3.63) is 71.6 Å². The monoisotopic (exact) mass is 464 g/mol. The summed E-state index contributed by atoms with van der Waals surface area (Å²) in [7, 11) is -1.26. The molecule has 31 heavy (non-hydrogen) atoms. The van der Waals surface area contributed by atoms with Crippen molar-refractivity contribution in [3.63, 3.8) is 0 Å². The summed E-state index contributed by atoms with van der Waals surface area (Å²) in [6, 6.07) is 13.8. The smallest absolute Gasteiger partial charge is 0.264 e. The van der Waals surface area contributed by atoms with Crippen molar-refractivity contribution in [3.8, 4) is 11.5 Å². The van der Waals surface area contributed by atoms with Gasteiger partial charge in [0.25, 0.3) is 10.0 Å². The van der Waals surface area contributed by atoms with Crippen LogP contribution < -0.4 is 19.1 Å². The van der Waals surface area contributed by atoms with Crippen molar-refractivity contribution in [1.82, 2.24) is 5.32 Å². The molecule has 1 N–H and O–H groups in total. The number of hydrogen-bond donors (Lipinski definition) is 1. The number of anilines is 1. The topological polar surface area (TPSA) is 98.1 Å². The first-order valence-electron chi connectivity index (χ1n) is 9.14. The molecule has 0 spiro atoms. The lowest BCUT2D eigenvalue weighted by molar-refractivity contribution is -0.119. The van der Waals surface area contributed by atoms with Crippen LogP contribution in [0.15, 0.2) is 70.2 Å². The van der Waals surface area contributed by atoms with Crippen molar-refractivity contribution >= 4 is 33.2 Å². The van der Waals surface area contributed by atoms with Crippen molar-refractivity contribution < 1.29 is 27.1 Å². The zero-order valence-corrected chi connectivity index (χ0v) is 18.4. The molecule has 2 aromatic carbocycles. The van der Waals surface area contributed by atoms with Crippen LogP contribution in [0.2, 0.25) is 5.02 Å². The van der Waals surface area contributed by atoms with Crippen LogP contribution in [0.4, 0.5) is 5.69 Å². The van der Waals surface area contributed by atoms with Crippen LogP contribution in [0.1, 0.15) is 5.76 Å². The Morgan fingerprint density at radius 1 is 1.06 bits per heavy atom. The van der Waals surface area contributed by atoms with Gasteiger partial charge in [0, 0.05) is 11.1 Å². The average Bonchev–Trinajstić information content (AvgIpc) is 3.30. The number of halogens is 1. The number of sulfonamides is 1. The summed E-state index contributed by atoms with van der Waals surface area (Å²) in [6.07, 6.45) is 1.49. The SMILES string of the molecule is COc1ccc(S(=O)(=O)N(CC(=O)NCc2ccco2)c2ccc(Cl)cc2)cc1OC. The van der Waals surface area contributed by atoms with Crippen LogP contribution in [0.25, 0.3) is 0 Å². The lowest BCUT2D eigenvalue weighted by Crippen LogP contribution is -2.40. The van der Waals surface area contributed by atoms with E-state index in [4.69, 9.17) is 25.5 Å². The van der Waals surface area contributed by atoms with Crippen molar-refractivity contribution in [2.45, 2.75) is 11.4 Å². The normalized spacial score (nSPS) is 11.1. The molecule has 0 aliphatic heterocycles. The van der Waals surface area contributed by atoms with Gasteiger partial charge in [-0.15, -0.1) is 0 Å². The minimum atomic E-state index is -4.12. The number of nitrogens with one attached hydrogen (secondary N) is 1. The minimum absolute atomic E-state index is 0.0565. The number of amides is 1. The molecule has 0 atom stereocenters. The van der Waals surface area contributed by atoms with E-state index in [1.54, 1.807) is 24.3 Å². The van der Waals surface area contributed by atoms with E-state index in [9.17, 15) is 13.2 Å².